The van der Waals surface area contributed by atoms with E-state index in [0.29, 0.717) is 27.0 Å². The van der Waals surface area contributed by atoms with Gasteiger partial charge < -0.3 is 5.73 Å². The van der Waals surface area contributed by atoms with Crippen molar-refractivity contribution in [3.05, 3.63) is 46.1 Å². The van der Waals surface area contributed by atoms with E-state index in [0.717, 1.165) is 5.56 Å². The van der Waals surface area contributed by atoms with E-state index in [1.165, 1.54) is 0 Å². The van der Waals surface area contributed by atoms with Crippen molar-refractivity contribution in [1.82, 2.24) is 4.98 Å². The van der Waals surface area contributed by atoms with Crippen LogP contribution in [0.1, 0.15) is 5.56 Å². The highest BCUT2D eigenvalue weighted by atomic mass is 35.5. The van der Waals surface area contributed by atoms with Crippen molar-refractivity contribution in [2.75, 3.05) is 5.73 Å². The number of nitrogens with two attached hydrogens (primary N) is 1. The number of aromatic nitrogens is 1. The molecule has 0 spiro atoms. The second-order valence-electron chi connectivity index (χ2n) is 3.71. The van der Waals surface area contributed by atoms with Crippen molar-refractivity contribution in [2.24, 2.45) is 0 Å². The minimum Gasteiger partial charge on any atom is -0.383 e. The maximum absolute atomic E-state index is 8.70. The first-order valence-corrected chi connectivity index (χ1v) is 5.95. The lowest BCUT2D eigenvalue weighted by atomic mass is 10.0. The van der Waals surface area contributed by atoms with E-state index in [9.17, 15) is 0 Å². The predicted octanol–water partition coefficient (Wildman–Crippen LogP) is 3.70. The van der Waals surface area contributed by atoms with Gasteiger partial charge in [-0.2, -0.15) is 5.26 Å². The van der Waals surface area contributed by atoms with Crippen LogP contribution in [0, 0.1) is 11.3 Å². The Morgan fingerprint density at radius 1 is 1.28 bits per heavy atom. The van der Waals surface area contributed by atoms with Gasteiger partial charge in [0.1, 0.15) is 5.82 Å². The summed E-state index contributed by atoms with van der Waals surface area (Å²) < 4.78 is 0. The minimum absolute atomic E-state index is 0.266. The largest absolute Gasteiger partial charge is 0.383 e. The Morgan fingerprint density at radius 2 is 1.94 bits per heavy atom. The van der Waals surface area contributed by atoms with Crippen LogP contribution >= 0.6 is 23.2 Å². The fourth-order valence-electron chi connectivity index (χ4n) is 1.66. The summed E-state index contributed by atoms with van der Waals surface area (Å²) in [6.45, 7) is 0. The molecule has 18 heavy (non-hydrogen) atoms. The third-order valence-corrected chi connectivity index (χ3v) is 3.12. The normalized spacial score (nSPS) is 10.1. The average Bonchev–Trinajstić information content (AvgIpc) is 2.33. The van der Waals surface area contributed by atoms with Gasteiger partial charge in [-0.25, -0.2) is 4.98 Å². The number of halogens is 2. The Bertz CT molecular complexity index is 612. The van der Waals surface area contributed by atoms with Gasteiger partial charge in [0.2, 0.25) is 0 Å². The number of nitrogen functional groups attached to an aromatic ring is 1. The number of nitriles is 1. The number of nitrogens with zero attached hydrogens (tertiary/aromatic N) is 2. The Morgan fingerprint density at radius 3 is 2.56 bits per heavy atom. The summed E-state index contributed by atoms with van der Waals surface area (Å²) in [4.78, 5) is 4.07. The highest BCUT2D eigenvalue weighted by Crippen LogP contribution is 2.37. The van der Waals surface area contributed by atoms with Gasteiger partial charge in [0.15, 0.2) is 0 Å². The van der Waals surface area contributed by atoms with Gasteiger partial charge in [-0.1, -0.05) is 29.3 Å². The highest BCUT2D eigenvalue weighted by Gasteiger charge is 2.12. The zero-order valence-corrected chi connectivity index (χ0v) is 10.8. The van der Waals surface area contributed by atoms with Crippen molar-refractivity contribution >= 4 is 29.0 Å². The van der Waals surface area contributed by atoms with Crippen molar-refractivity contribution in [2.45, 2.75) is 6.42 Å². The number of anilines is 1. The van der Waals surface area contributed by atoms with Crippen LogP contribution in [0.25, 0.3) is 11.1 Å². The lowest BCUT2D eigenvalue weighted by Crippen LogP contribution is -1.97. The van der Waals surface area contributed by atoms with Crippen LogP contribution in [-0.2, 0) is 6.42 Å². The topological polar surface area (TPSA) is 62.7 Å². The first-order chi connectivity index (χ1) is 8.63. The molecule has 0 radical (unpaired) electrons. The smallest absolute Gasteiger partial charge is 0.131 e. The van der Waals surface area contributed by atoms with Gasteiger partial charge in [0, 0.05) is 17.3 Å². The molecule has 3 nitrogen and oxygen atoms in total. The van der Waals surface area contributed by atoms with Gasteiger partial charge in [0.05, 0.1) is 22.5 Å². The van der Waals surface area contributed by atoms with E-state index in [1.807, 2.05) is 0 Å². The number of hydrogen-bond acceptors (Lipinski definition) is 3. The standard InChI is InChI=1S/C13H9Cl2N3/c14-10-2-1-3-11(15)12(10)9-6-8(4-5-16)7-18-13(9)17/h1-3,6-7H,4H2,(H2,17,18). The van der Waals surface area contributed by atoms with Crippen molar-refractivity contribution in [3.8, 4) is 17.2 Å². The van der Waals surface area contributed by atoms with Gasteiger partial charge in [-0.05, 0) is 23.8 Å². The van der Waals surface area contributed by atoms with E-state index in [1.54, 1.807) is 30.5 Å². The first kappa shape index (κ1) is 12.7. The Kier molecular flexibility index (Phi) is 3.71. The van der Waals surface area contributed by atoms with E-state index in [2.05, 4.69) is 11.1 Å². The highest BCUT2D eigenvalue weighted by molar-refractivity contribution is 6.39. The van der Waals surface area contributed by atoms with Crippen LogP contribution < -0.4 is 5.73 Å². The molecule has 90 valence electrons. The molecule has 0 amide bonds. The monoisotopic (exact) mass is 277 g/mol. The lowest BCUT2D eigenvalue weighted by Gasteiger charge is -2.10. The lowest BCUT2D eigenvalue weighted by molar-refractivity contribution is 1.20. The molecule has 0 aliphatic carbocycles. The molecule has 0 bridgehead atoms. The molecule has 5 heteroatoms. The minimum atomic E-state index is 0.266. The molecular weight excluding hydrogens is 269 g/mol. The quantitative estimate of drug-likeness (QED) is 0.910. The molecule has 0 saturated carbocycles. The van der Waals surface area contributed by atoms with Gasteiger partial charge in [-0.3, -0.25) is 0 Å². The van der Waals surface area contributed by atoms with Crippen LogP contribution in [0.4, 0.5) is 5.82 Å². The Balaban J connectivity index is 2.63. The molecule has 0 saturated heterocycles. The molecule has 0 aliphatic heterocycles. The third kappa shape index (κ3) is 2.40. The summed E-state index contributed by atoms with van der Waals surface area (Å²) >= 11 is 12.3. The number of hydrogen-bond donors (Lipinski definition) is 1. The van der Waals surface area contributed by atoms with Crippen molar-refractivity contribution in [3.63, 3.8) is 0 Å². The summed E-state index contributed by atoms with van der Waals surface area (Å²) in [5, 5.41) is 9.71. The van der Waals surface area contributed by atoms with Crippen LogP contribution in [-0.4, -0.2) is 4.98 Å². The second-order valence-corrected chi connectivity index (χ2v) is 4.52. The van der Waals surface area contributed by atoms with E-state index in [-0.39, 0.29) is 6.42 Å². The number of rotatable bonds is 2. The Labute approximate surface area is 115 Å². The van der Waals surface area contributed by atoms with Gasteiger partial charge >= 0.3 is 0 Å². The van der Waals surface area contributed by atoms with E-state index < -0.39 is 0 Å². The number of pyridine rings is 1. The van der Waals surface area contributed by atoms with Crippen LogP contribution in [0.2, 0.25) is 10.0 Å². The maximum atomic E-state index is 8.70. The van der Waals surface area contributed by atoms with Crippen molar-refractivity contribution in [1.29, 1.82) is 5.26 Å². The second kappa shape index (κ2) is 5.26. The summed E-state index contributed by atoms with van der Waals surface area (Å²) in [5.74, 6) is 0.340. The van der Waals surface area contributed by atoms with Crippen molar-refractivity contribution < 1.29 is 0 Å². The van der Waals surface area contributed by atoms with Crippen LogP contribution in [0.5, 0.6) is 0 Å². The third-order valence-electron chi connectivity index (χ3n) is 2.49. The molecule has 2 N–H and O–H groups in total. The summed E-state index contributed by atoms with van der Waals surface area (Å²) in [7, 11) is 0. The molecular formula is C13H9Cl2N3. The summed E-state index contributed by atoms with van der Waals surface area (Å²) in [6, 6.07) is 9.09. The molecule has 0 atom stereocenters. The van der Waals surface area contributed by atoms with Crippen LogP contribution in [0.15, 0.2) is 30.5 Å². The van der Waals surface area contributed by atoms with E-state index >= 15 is 0 Å². The SMILES string of the molecule is N#CCc1cnc(N)c(-c2c(Cl)cccc2Cl)c1. The number of benzene rings is 1. The van der Waals surface area contributed by atoms with Gasteiger partial charge in [0.25, 0.3) is 0 Å². The molecule has 1 aromatic heterocycles. The molecule has 0 aliphatic rings. The summed E-state index contributed by atoms with van der Waals surface area (Å²) in [6.07, 6.45) is 1.84. The summed E-state index contributed by atoms with van der Waals surface area (Å²) in [5.41, 5.74) is 7.92. The molecule has 1 aromatic carbocycles. The molecule has 1 heterocycles. The fourth-order valence-corrected chi connectivity index (χ4v) is 2.26. The van der Waals surface area contributed by atoms with E-state index in [4.69, 9.17) is 34.2 Å². The van der Waals surface area contributed by atoms with Crippen LogP contribution in [0.3, 0.4) is 0 Å². The fraction of sp³-hybridized carbons (Fsp3) is 0.0769. The van der Waals surface area contributed by atoms with Gasteiger partial charge in [-0.15, -0.1) is 0 Å². The zero-order valence-electron chi connectivity index (χ0n) is 9.32. The predicted molar refractivity (Wildman–Crippen MR) is 73.4 cm³/mol. The molecule has 0 unspecified atom stereocenters. The zero-order chi connectivity index (χ0) is 13.1. The molecule has 2 rings (SSSR count). The maximum Gasteiger partial charge on any atom is 0.131 e. The first-order valence-electron chi connectivity index (χ1n) is 5.19. The average molecular weight is 278 g/mol. The molecule has 2 aromatic rings. The Hall–Kier alpha value is -1.76. The molecule has 0 fully saturated rings.